The summed E-state index contributed by atoms with van der Waals surface area (Å²) in [6.45, 7) is 0.446. The Morgan fingerprint density at radius 1 is 1.44 bits per heavy atom. The molecule has 1 aliphatic heterocycles. The molecule has 0 fully saturated rings. The minimum atomic E-state index is -3.02. The Bertz CT molecular complexity index is 509. The SMILES string of the molecule is CS(=O)(=O)CCC(O)C1COc2ccccc2C1. The van der Waals surface area contributed by atoms with Crippen LogP contribution in [0.2, 0.25) is 0 Å². The first kappa shape index (κ1) is 13.4. The highest BCUT2D eigenvalue weighted by Gasteiger charge is 2.26. The van der Waals surface area contributed by atoms with Crippen LogP contribution in [0.5, 0.6) is 5.75 Å². The van der Waals surface area contributed by atoms with E-state index < -0.39 is 15.9 Å². The summed E-state index contributed by atoms with van der Waals surface area (Å²) in [4.78, 5) is 0. The molecule has 1 aliphatic rings. The van der Waals surface area contributed by atoms with Crippen molar-refractivity contribution in [3.63, 3.8) is 0 Å². The van der Waals surface area contributed by atoms with E-state index in [0.717, 1.165) is 17.7 Å². The van der Waals surface area contributed by atoms with Crippen LogP contribution in [0.15, 0.2) is 24.3 Å². The van der Waals surface area contributed by atoms with Crippen LogP contribution < -0.4 is 4.74 Å². The zero-order chi connectivity index (χ0) is 13.2. The van der Waals surface area contributed by atoms with Gasteiger partial charge >= 0.3 is 0 Å². The number of fused-ring (bicyclic) bond motifs is 1. The normalized spacial score (nSPS) is 20.9. The average molecular weight is 270 g/mol. The lowest BCUT2D eigenvalue weighted by molar-refractivity contribution is 0.0628. The van der Waals surface area contributed by atoms with Gasteiger partial charge < -0.3 is 9.84 Å². The van der Waals surface area contributed by atoms with Crippen LogP contribution in [-0.4, -0.2) is 38.2 Å². The smallest absolute Gasteiger partial charge is 0.147 e. The van der Waals surface area contributed by atoms with Gasteiger partial charge in [0.25, 0.3) is 0 Å². The molecule has 1 heterocycles. The largest absolute Gasteiger partial charge is 0.493 e. The number of para-hydroxylation sites is 1. The maximum Gasteiger partial charge on any atom is 0.147 e. The number of aliphatic hydroxyl groups excluding tert-OH is 1. The molecule has 1 N–H and O–H groups in total. The number of aliphatic hydroxyl groups is 1. The Kier molecular flexibility index (Phi) is 3.92. The molecule has 0 bridgehead atoms. The lowest BCUT2D eigenvalue weighted by atomic mass is 9.91. The standard InChI is InChI=1S/C13H18O4S/c1-18(15,16)7-6-12(14)11-8-10-4-2-3-5-13(10)17-9-11/h2-5,11-12,14H,6-9H2,1H3. The second kappa shape index (κ2) is 5.28. The Hall–Kier alpha value is -1.07. The summed E-state index contributed by atoms with van der Waals surface area (Å²) in [5.41, 5.74) is 1.08. The van der Waals surface area contributed by atoms with E-state index >= 15 is 0 Å². The average Bonchev–Trinajstić information content (AvgIpc) is 2.34. The molecule has 1 aromatic rings. The van der Waals surface area contributed by atoms with Crippen molar-refractivity contribution >= 4 is 9.84 Å². The van der Waals surface area contributed by atoms with E-state index in [9.17, 15) is 13.5 Å². The van der Waals surface area contributed by atoms with Gasteiger partial charge in [0.05, 0.1) is 18.5 Å². The van der Waals surface area contributed by atoms with Crippen molar-refractivity contribution in [3.05, 3.63) is 29.8 Å². The summed E-state index contributed by atoms with van der Waals surface area (Å²) in [5, 5.41) is 10.0. The van der Waals surface area contributed by atoms with Crippen LogP contribution in [0.1, 0.15) is 12.0 Å². The Balaban J connectivity index is 1.96. The number of hydrogen-bond acceptors (Lipinski definition) is 4. The van der Waals surface area contributed by atoms with Gasteiger partial charge in [-0.15, -0.1) is 0 Å². The Morgan fingerprint density at radius 3 is 2.89 bits per heavy atom. The van der Waals surface area contributed by atoms with Crippen molar-refractivity contribution in [2.24, 2.45) is 5.92 Å². The van der Waals surface area contributed by atoms with Crippen LogP contribution in [0, 0.1) is 5.92 Å². The zero-order valence-corrected chi connectivity index (χ0v) is 11.2. The molecule has 1 aromatic carbocycles. The molecule has 0 spiro atoms. The predicted octanol–water partition coefficient (Wildman–Crippen LogP) is 1.03. The van der Waals surface area contributed by atoms with E-state index in [1.165, 1.54) is 6.26 Å². The van der Waals surface area contributed by atoms with E-state index in [0.29, 0.717) is 6.61 Å². The number of benzene rings is 1. The lowest BCUT2D eigenvalue weighted by Gasteiger charge is -2.28. The summed E-state index contributed by atoms with van der Waals surface area (Å²) in [5.74, 6) is 0.859. The highest BCUT2D eigenvalue weighted by Crippen LogP contribution is 2.29. The van der Waals surface area contributed by atoms with Crippen molar-refractivity contribution in [2.45, 2.75) is 18.9 Å². The van der Waals surface area contributed by atoms with Gasteiger partial charge in [0, 0.05) is 12.2 Å². The highest BCUT2D eigenvalue weighted by atomic mass is 32.2. The van der Waals surface area contributed by atoms with Crippen LogP contribution in [0.25, 0.3) is 0 Å². The molecule has 0 aromatic heterocycles. The van der Waals surface area contributed by atoms with Gasteiger partial charge in [0.2, 0.25) is 0 Å². The fourth-order valence-electron chi connectivity index (χ4n) is 2.17. The molecule has 18 heavy (non-hydrogen) atoms. The number of ether oxygens (including phenoxy) is 1. The fourth-order valence-corrected chi connectivity index (χ4v) is 2.84. The van der Waals surface area contributed by atoms with Gasteiger partial charge in [0.15, 0.2) is 0 Å². The van der Waals surface area contributed by atoms with Crippen molar-refractivity contribution in [3.8, 4) is 5.75 Å². The lowest BCUT2D eigenvalue weighted by Crippen LogP contribution is -2.32. The minimum absolute atomic E-state index is 0.0202. The van der Waals surface area contributed by atoms with Crippen molar-refractivity contribution in [1.29, 1.82) is 0 Å². The molecule has 0 amide bonds. The molecule has 100 valence electrons. The molecule has 5 heteroatoms. The van der Waals surface area contributed by atoms with Gasteiger partial charge in [-0.3, -0.25) is 0 Å². The summed E-state index contributed by atoms with van der Waals surface area (Å²) in [6, 6.07) is 7.74. The van der Waals surface area contributed by atoms with Crippen LogP contribution in [0.4, 0.5) is 0 Å². The van der Waals surface area contributed by atoms with Gasteiger partial charge in [-0.2, -0.15) is 0 Å². The second-order valence-corrected chi connectivity index (χ2v) is 7.13. The number of hydrogen-bond donors (Lipinski definition) is 1. The van der Waals surface area contributed by atoms with E-state index in [4.69, 9.17) is 4.74 Å². The van der Waals surface area contributed by atoms with Gasteiger partial charge in [-0.1, -0.05) is 18.2 Å². The van der Waals surface area contributed by atoms with Crippen LogP contribution in [0.3, 0.4) is 0 Å². The Morgan fingerprint density at radius 2 is 2.17 bits per heavy atom. The molecule has 0 aliphatic carbocycles. The van der Waals surface area contributed by atoms with Crippen molar-refractivity contribution in [2.75, 3.05) is 18.6 Å². The van der Waals surface area contributed by atoms with Gasteiger partial charge in [-0.25, -0.2) is 8.42 Å². The van der Waals surface area contributed by atoms with Crippen LogP contribution in [-0.2, 0) is 16.3 Å². The van der Waals surface area contributed by atoms with Gasteiger partial charge in [-0.05, 0) is 24.5 Å². The third kappa shape index (κ3) is 3.46. The van der Waals surface area contributed by atoms with Crippen molar-refractivity contribution in [1.82, 2.24) is 0 Å². The summed E-state index contributed by atoms with van der Waals surface area (Å²) < 4.78 is 27.7. The topological polar surface area (TPSA) is 63.6 Å². The van der Waals surface area contributed by atoms with E-state index in [1.807, 2.05) is 24.3 Å². The molecule has 4 nitrogen and oxygen atoms in total. The monoisotopic (exact) mass is 270 g/mol. The quantitative estimate of drug-likeness (QED) is 0.887. The molecular formula is C13H18O4S. The summed E-state index contributed by atoms with van der Waals surface area (Å²) >= 11 is 0. The molecule has 0 saturated carbocycles. The van der Waals surface area contributed by atoms with Crippen molar-refractivity contribution < 1.29 is 18.3 Å². The molecule has 2 unspecified atom stereocenters. The minimum Gasteiger partial charge on any atom is -0.493 e. The first-order valence-corrected chi connectivity index (χ1v) is 8.08. The summed E-state index contributed by atoms with van der Waals surface area (Å²) in [6.07, 6.45) is 1.57. The third-order valence-corrected chi connectivity index (χ3v) is 4.21. The number of rotatable bonds is 4. The highest BCUT2D eigenvalue weighted by molar-refractivity contribution is 7.90. The Labute approximate surface area is 108 Å². The zero-order valence-electron chi connectivity index (χ0n) is 10.4. The molecule has 2 atom stereocenters. The van der Waals surface area contributed by atoms with E-state index in [2.05, 4.69) is 0 Å². The van der Waals surface area contributed by atoms with Crippen LogP contribution >= 0.6 is 0 Å². The maximum atomic E-state index is 11.1. The van der Waals surface area contributed by atoms with E-state index in [1.54, 1.807) is 0 Å². The summed E-state index contributed by atoms with van der Waals surface area (Å²) in [7, 11) is -3.02. The molecular weight excluding hydrogens is 252 g/mol. The molecule has 0 radical (unpaired) electrons. The third-order valence-electron chi connectivity index (χ3n) is 3.24. The fraction of sp³-hybridized carbons (Fsp3) is 0.538. The van der Waals surface area contributed by atoms with E-state index in [-0.39, 0.29) is 18.1 Å². The molecule has 2 rings (SSSR count). The first-order valence-electron chi connectivity index (χ1n) is 6.02. The van der Waals surface area contributed by atoms with Gasteiger partial charge in [0.1, 0.15) is 15.6 Å². The predicted molar refractivity (Wildman–Crippen MR) is 69.5 cm³/mol. The maximum absolute atomic E-state index is 11.1. The molecule has 0 saturated heterocycles. The second-order valence-electron chi connectivity index (χ2n) is 4.87. The first-order chi connectivity index (χ1) is 8.46. The number of sulfone groups is 1.